The summed E-state index contributed by atoms with van der Waals surface area (Å²) in [4.78, 5) is 21.5. The van der Waals surface area contributed by atoms with E-state index in [1.807, 2.05) is 26.1 Å². The molecule has 0 aromatic carbocycles. The number of rotatable bonds is 4. The summed E-state index contributed by atoms with van der Waals surface area (Å²) in [5, 5.41) is 1.88. The third-order valence-corrected chi connectivity index (χ3v) is 2.47. The summed E-state index contributed by atoms with van der Waals surface area (Å²) in [6.45, 7) is 5.81. The molecule has 0 spiro atoms. The Morgan fingerprint density at radius 1 is 1.21 bits per heavy atom. The number of imide groups is 1. The van der Waals surface area contributed by atoms with Gasteiger partial charge in [-0.2, -0.15) is 0 Å². The molecule has 82 valence electrons. The minimum absolute atomic E-state index is 0.487. The van der Waals surface area contributed by atoms with Crippen molar-refractivity contribution in [1.29, 1.82) is 0 Å². The molecule has 3 N–H and O–H groups in total. The summed E-state index contributed by atoms with van der Waals surface area (Å²) in [7, 11) is 0. The minimum atomic E-state index is -0.896. The van der Waals surface area contributed by atoms with Crippen molar-refractivity contribution in [3.8, 4) is 0 Å². The van der Waals surface area contributed by atoms with E-state index in [9.17, 15) is 9.59 Å². The first-order chi connectivity index (χ1) is 6.49. The minimum Gasteiger partial charge on any atom is -0.443 e. The third-order valence-electron chi connectivity index (χ3n) is 2.47. The first-order valence-corrected chi connectivity index (χ1v) is 4.79. The van der Waals surface area contributed by atoms with Gasteiger partial charge in [-0.1, -0.05) is 20.8 Å². The number of hydrogen-bond donors (Lipinski definition) is 2. The Hall–Kier alpha value is -1.26. The molecule has 0 aliphatic carbocycles. The monoisotopic (exact) mass is 202 g/mol. The summed E-state index contributed by atoms with van der Waals surface area (Å²) < 4.78 is 5.15. The number of carbonyl (C=O) groups excluding carboxylic acids is 2. The Bertz CT molecular complexity index is 204. The number of alkyl carbamates (subject to hydrolysis) is 1. The van der Waals surface area contributed by atoms with Crippen LogP contribution in [-0.4, -0.2) is 17.7 Å². The fourth-order valence-corrected chi connectivity index (χ4v) is 1.29. The van der Waals surface area contributed by atoms with E-state index in [1.54, 1.807) is 0 Å². The second-order valence-corrected chi connectivity index (χ2v) is 3.12. The molecule has 3 amide bonds. The van der Waals surface area contributed by atoms with Gasteiger partial charge < -0.3 is 10.5 Å². The third kappa shape index (κ3) is 3.64. The van der Waals surface area contributed by atoms with Crippen LogP contribution in [0.4, 0.5) is 9.59 Å². The first kappa shape index (κ1) is 12.7. The van der Waals surface area contributed by atoms with Gasteiger partial charge in [0.05, 0.1) is 0 Å². The first-order valence-electron chi connectivity index (χ1n) is 4.79. The van der Waals surface area contributed by atoms with Gasteiger partial charge in [0, 0.05) is 0 Å². The second-order valence-electron chi connectivity index (χ2n) is 3.12. The van der Waals surface area contributed by atoms with E-state index in [-0.39, 0.29) is 0 Å². The van der Waals surface area contributed by atoms with E-state index in [0.29, 0.717) is 19.3 Å². The Labute approximate surface area is 84.0 Å². The molecule has 0 rings (SSSR count). The zero-order chi connectivity index (χ0) is 11.2. The van der Waals surface area contributed by atoms with Gasteiger partial charge in [0.25, 0.3) is 0 Å². The van der Waals surface area contributed by atoms with Crippen LogP contribution in [0.2, 0.25) is 0 Å². The van der Waals surface area contributed by atoms with Crippen LogP contribution in [0, 0.1) is 0 Å². The van der Waals surface area contributed by atoms with Crippen LogP contribution in [0.5, 0.6) is 0 Å². The molecular weight excluding hydrogens is 184 g/mol. The van der Waals surface area contributed by atoms with Crippen LogP contribution in [0.15, 0.2) is 0 Å². The lowest BCUT2D eigenvalue weighted by Gasteiger charge is -2.29. The van der Waals surface area contributed by atoms with Crippen LogP contribution >= 0.6 is 0 Å². The van der Waals surface area contributed by atoms with Crippen molar-refractivity contribution in [2.45, 2.75) is 45.6 Å². The molecule has 0 aliphatic heterocycles. The second kappa shape index (κ2) is 5.47. The molecule has 0 bridgehead atoms. The fraction of sp³-hybridized carbons (Fsp3) is 0.778. The summed E-state index contributed by atoms with van der Waals surface area (Å²) in [5.74, 6) is 0. The smallest absolute Gasteiger partial charge is 0.415 e. The molecule has 0 saturated heterocycles. The van der Waals surface area contributed by atoms with Gasteiger partial charge in [-0.05, 0) is 19.3 Å². The van der Waals surface area contributed by atoms with Gasteiger partial charge >= 0.3 is 12.1 Å². The molecule has 14 heavy (non-hydrogen) atoms. The zero-order valence-electron chi connectivity index (χ0n) is 8.92. The lowest BCUT2D eigenvalue weighted by Crippen LogP contribution is -2.42. The number of hydrogen-bond acceptors (Lipinski definition) is 3. The van der Waals surface area contributed by atoms with Crippen molar-refractivity contribution in [2.75, 3.05) is 0 Å². The normalized spacial score (nSPS) is 10.8. The molecule has 5 nitrogen and oxygen atoms in total. The summed E-state index contributed by atoms with van der Waals surface area (Å²) in [6, 6.07) is -0.896. The van der Waals surface area contributed by atoms with E-state index in [4.69, 9.17) is 10.5 Å². The molecule has 0 saturated carbocycles. The highest BCUT2D eigenvalue weighted by Crippen LogP contribution is 2.24. The molecule has 0 heterocycles. The Balaban J connectivity index is 4.29. The predicted molar refractivity (Wildman–Crippen MR) is 52.8 cm³/mol. The van der Waals surface area contributed by atoms with Crippen molar-refractivity contribution in [3.63, 3.8) is 0 Å². The van der Waals surface area contributed by atoms with E-state index in [2.05, 4.69) is 0 Å². The highest BCUT2D eigenvalue weighted by atomic mass is 16.6. The number of nitrogens with one attached hydrogen (secondary N) is 1. The van der Waals surface area contributed by atoms with Gasteiger partial charge in [0.15, 0.2) is 0 Å². The fourth-order valence-electron chi connectivity index (χ4n) is 1.29. The van der Waals surface area contributed by atoms with Crippen molar-refractivity contribution in [1.82, 2.24) is 5.32 Å². The number of carbonyl (C=O) groups is 2. The SMILES string of the molecule is CCC(CC)(CC)OC(=O)NC(N)=O. The average Bonchev–Trinajstić information content (AvgIpc) is 2.13. The quantitative estimate of drug-likeness (QED) is 0.728. The summed E-state index contributed by atoms with van der Waals surface area (Å²) in [6.07, 6.45) is 1.37. The molecular formula is C9H18N2O3. The van der Waals surface area contributed by atoms with Gasteiger partial charge in [-0.3, -0.25) is 0 Å². The molecule has 0 aromatic rings. The van der Waals surface area contributed by atoms with Crippen LogP contribution < -0.4 is 11.1 Å². The molecule has 0 atom stereocenters. The lowest BCUT2D eigenvalue weighted by atomic mass is 9.94. The topological polar surface area (TPSA) is 81.4 Å². The highest BCUT2D eigenvalue weighted by molar-refractivity contribution is 5.89. The lowest BCUT2D eigenvalue weighted by molar-refractivity contribution is 0.00349. The maximum absolute atomic E-state index is 11.1. The van der Waals surface area contributed by atoms with Crippen molar-refractivity contribution < 1.29 is 14.3 Å². The van der Waals surface area contributed by atoms with E-state index >= 15 is 0 Å². The standard InChI is InChI=1S/C9H18N2O3/c1-4-9(5-2,6-3)14-8(13)11-7(10)12/h4-6H2,1-3H3,(H3,10,11,12,13). The predicted octanol–water partition coefficient (Wildman–Crippen LogP) is 1.76. The summed E-state index contributed by atoms with van der Waals surface area (Å²) >= 11 is 0. The van der Waals surface area contributed by atoms with Crippen molar-refractivity contribution >= 4 is 12.1 Å². The Morgan fingerprint density at radius 2 is 1.64 bits per heavy atom. The van der Waals surface area contributed by atoms with Gasteiger partial charge in [0.1, 0.15) is 5.60 Å². The average molecular weight is 202 g/mol. The zero-order valence-corrected chi connectivity index (χ0v) is 8.92. The highest BCUT2D eigenvalue weighted by Gasteiger charge is 2.28. The van der Waals surface area contributed by atoms with Crippen LogP contribution in [0.1, 0.15) is 40.0 Å². The molecule has 0 unspecified atom stereocenters. The van der Waals surface area contributed by atoms with E-state index in [1.165, 1.54) is 0 Å². The molecule has 0 fully saturated rings. The van der Waals surface area contributed by atoms with Crippen LogP contribution in [0.25, 0.3) is 0 Å². The van der Waals surface area contributed by atoms with Crippen molar-refractivity contribution in [2.24, 2.45) is 5.73 Å². The summed E-state index contributed by atoms with van der Waals surface area (Å²) in [5.41, 5.74) is 4.30. The number of urea groups is 1. The maximum Gasteiger partial charge on any atom is 0.415 e. The number of ether oxygens (including phenoxy) is 1. The molecule has 5 heteroatoms. The van der Waals surface area contributed by atoms with Crippen molar-refractivity contribution in [3.05, 3.63) is 0 Å². The van der Waals surface area contributed by atoms with Gasteiger partial charge in [-0.25, -0.2) is 14.9 Å². The van der Waals surface area contributed by atoms with Gasteiger partial charge in [0.2, 0.25) is 0 Å². The van der Waals surface area contributed by atoms with E-state index < -0.39 is 17.7 Å². The number of nitrogens with two attached hydrogens (primary N) is 1. The molecule has 0 radical (unpaired) electrons. The number of amides is 3. The van der Waals surface area contributed by atoms with E-state index in [0.717, 1.165) is 0 Å². The molecule has 0 aliphatic rings. The van der Waals surface area contributed by atoms with Crippen LogP contribution in [0.3, 0.4) is 0 Å². The largest absolute Gasteiger partial charge is 0.443 e. The Kier molecular flexibility index (Phi) is 4.97. The Morgan fingerprint density at radius 3 is 1.93 bits per heavy atom. The van der Waals surface area contributed by atoms with Gasteiger partial charge in [-0.15, -0.1) is 0 Å². The maximum atomic E-state index is 11.1. The number of primary amides is 1. The van der Waals surface area contributed by atoms with Crippen LogP contribution in [-0.2, 0) is 4.74 Å². The molecule has 0 aromatic heterocycles.